The molecule has 0 heterocycles. The molecular weight excluding hydrogens is 362 g/mol. The molecule has 2 rings (SSSR count). The highest BCUT2D eigenvalue weighted by atomic mass is 16.5. The van der Waals surface area contributed by atoms with Gasteiger partial charge in [0, 0.05) is 14.1 Å². The molecule has 2 aromatic carbocycles. The maximum atomic E-state index is 12.0. The summed E-state index contributed by atoms with van der Waals surface area (Å²) in [5.74, 6) is 0.0848. The van der Waals surface area contributed by atoms with E-state index < -0.39 is 5.91 Å². The number of nitrogens with zero attached hydrogens (tertiary/aromatic N) is 2. The van der Waals surface area contributed by atoms with Crippen LogP contribution in [0.2, 0.25) is 0 Å². The third kappa shape index (κ3) is 5.73. The lowest BCUT2D eigenvalue weighted by molar-refractivity contribution is -0.130. The number of para-hydroxylation sites is 1. The zero-order chi connectivity index (χ0) is 20.5. The van der Waals surface area contributed by atoms with Gasteiger partial charge < -0.3 is 19.5 Å². The number of rotatable bonds is 8. The molecule has 0 unspecified atom stereocenters. The molecule has 0 bridgehead atoms. The molecule has 0 aliphatic carbocycles. The van der Waals surface area contributed by atoms with Crippen molar-refractivity contribution < 1.29 is 24.2 Å². The fourth-order valence-corrected chi connectivity index (χ4v) is 2.15. The first-order valence-corrected chi connectivity index (χ1v) is 8.63. The predicted octanol–water partition coefficient (Wildman–Crippen LogP) is 2.02. The Morgan fingerprint density at radius 3 is 2.57 bits per heavy atom. The zero-order valence-electron chi connectivity index (χ0n) is 16.0. The smallest absolute Gasteiger partial charge is 0.275 e. The molecule has 0 radical (unpaired) electrons. The number of ether oxygens (including phenoxy) is 2. The lowest BCUT2D eigenvalue weighted by atomic mass is 10.2. The van der Waals surface area contributed by atoms with E-state index >= 15 is 0 Å². The third-order valence-corrected chi connectivity index (χ3v) is 3.65. The quantitative estimate of drug-likeness (QED) is 0.535. The molecular formula is C20H23N3O5. The average Bonchev–Trinajstić information content (AvgIpc) is 2.67. The number of phenols is 1. The van der Waals surface area contributed by atoms with Crippen LogP contribution in [-0.2, 0) is 4.79 Å². The Kier molecular flexibility index (Phi) is 7.38. The number of carbonyl (C=O) groups excluding carboxylic acids is 2. The second-order valence-corrected chi connectivity index (χ2v) is 5.93. The minimum absolute atomic E-state index is 0.100. The topological polar surface area (TPSA) is 100 Å². The Bertz CT molecular complexity index is 865. The maximum absolute atomic E-state index is 12.0. The Hall–Kier alpha value is -3.55. The van der Waals surface area contributed by atoms with E-state index in [1.165, 1.54) is 23.2 Å². The molecule has 0 saturated carbocycles. The lowest BCUT2D eigenvalue weighted by Crippen LogP contribution is -2.27. The molecule has 148 valence electrons. The standard InChI is InChI=1S/C20H23N3O5/c1-4-27-18-11-14(9-10-17(18)28-13-19(25)23(2)3)12-21-22-20(26)15-7-5-6-8-16(15)24/h5-12,24H,4,13H2,1-3H3,(H,22,26)/b21-12-. The van der Waals surface area contributed by atoms with Gasteiger partial charge in [0.15, 0.2) is 18.1 Å². The fraction of sp³-hybridized carbons (Fsp3) is 0.250. The van der Waals surface area contributed by atoms with Gasteiger partial charge in [-0.2, -0.15) is 5.10 Å². The van der Waals surface area contributed by atoms with Crippen LogP contribution in [0.5, 0.6) is 17.2 Å². The molecule has 0 fully saturated rings. The van der Waals surface area contributed by atoms with Crippen LogP contribution in [-0.4, -0.2) is 55.3 Å². The summed E-state index contributed by atoms with van der Waals surface area (Å²) in [5.41, 5.74) is 3.14. The highest BCUT2D eigenvalue weighted by Crippen LogP contribution is 2.28. The van der Waals surface area contributed by atoms with E-state index in [1.807, 2.05) is 6.92 Å². The van der Waals surface area contributed by atoms with E-state index in [0.717, 1.165) is 0 Å². The molecule has 0 aliphatic rings. The van der Waals surface area contributed by atoms with E-state index in [-0.39, 0.29) is 23.8 Å². The minimum atomic E-state index is -0.526. The summed E-state index contributed by atoms with van der Waals surface area (Å²) in [4.78, 5) is 25.1. The van der Waals surface area contributed by atoms with Gasteiger partial charge in [-0.1, -0.05) is 12.1 Å². The number of phenolic OH excluding ortho intramolecular Hbond substituents is 1. The molecule has 0 spiro atoms. The summed E-state index contributed by atoms with van der Waals surface area (Å²) in [5, 5.41) is 13.6. The van der Waals surface area contributed by atoms with Gasteiger partial charge in [0.25, 0.3) is 11.8 Å². The monoisotopic (exact) mass is 385 g/mol. The summed E-state index contributed by atoms with van der Waals surface area (Å²) in [6, 6.07) is 11.3. The molecule has 8 nitrogen and oxygen atoms in total. The maximum Gasteiger partial charge on any atom is 0.275 e. The van der Waals surface area contributed by atoms with Crippen molar-refractivity contribution in [2.75, 3.05) is 27.3 Å². The normalized spacial score (nSPS) is 10.5. The molecule has 0 aromatic heterocycles. The van der Waals surface area contributed by atoms with Crippen molar-refractivity contribution in [3.63, 3.8) is 0 Å². The first-order valence-electron chi connectivity index (χ1n) is 8.63. The van der Waals surface area contributed by atoms with Crippen LogP contribution in [0, 0.1) is 0 Å². The summed E-state index contributed by atoms with van der Waals surface area (Å²) in [7, 11) is 3.30. The van der Waals surface area contributed by atoms with Gasteiger partial charge in [0.1, 0.15) is 5.75 Å². The van der Waals surface area contributed by atoms with Gasteiger partial charge in [-0.25, -0.2) is 5.43 Å². The average molecular weight is 385 g/mol. The van der Waals surface area contributed by atoms with E-state index in [0.29, 0.717) is 23.7 Å². The van der Waals surface area contributed by atoms with Gasteiger partial charge in [0.05, 0.1) is 18.4 Å². The van der Waals surface area contributed by atoms with Crippen LogP contribution in [0.4, 0.5) is 0 Å². The number of hydrazone groups is 1. The van der Waals surface area contributed by atoms with Crippen LogP contribution in [0.15, 0.2) is 47.6 Å². The van der Waals surface area contributed by atoms with Gasteiger partial charge in [-0.05, 0) is 42.8 Å². The van der Waals surface area contributed by atoms with Crippen LogP contribution < -0.4 is 14.9 Å². The summed E-state index contributed by atoms with van der Waals surface area (Å²) in [6.07, 6.45) is 1.44. The second-order valence-electron chi connectivity index (χ2n) is 5.93. The van der Waals surface area contributed by atoms with Crippen molar-refractivity contribution in [2.45, 2.75) is 6.92 Å². The number of hydrogen-bond donors (Lipinski definition) is 2. The first kappa shape index (κ1) is 20.8. The number of hydrogen-bond acceptors (Lipinski definition) is 6. The Morgan fingerprint density at radius 1 is 1.14 bits per heavy atom. The number of likely N-dealkylation sites (N-methyl/N-ethyl adjacent to an activating group) is 1. The van der Waals surface area contributed by atoms with Crippen LogP contribution in [0.25, 0.3) is 0 Å². The number of nitrogens with one attached hydrogen (secondary N) is 1. The summed E-state index contributed by atoms with van der Waals surface area (Å²) < 4.78 is 11.1. The lowest BCUT2D eigenvalue weighted by Gasteiger charge is -2.14. The van der Waals surface area contributed by atoms with Crippen molar-refractivity contribution in [1.82, 2.24) is 10.3 Å². The SMILES string of the molecule is CCOc1cc(/C=N\NC(=O)c2ccccc2O)ccc1OCC(=O)N(C)C. The molecule has 0 saturated heterocycles. The summed E-state index contributed by atoms with van der Waals surface area (Å²) >= 11 is 0. The molecule has 0 aliphatic heterocycles. The van der Waals surface area contributed by atoms with Crippen LogP contribution >= 0.6 is 0 Å². The highest BCUT2D eigenvalue weighted by Gasteiger charge is 2.11. The molecule has 8 heteroatoms. The van der Waals surface area contributed by atoms with E-state index in [1.54, 1.807) is 44.4 Å². The van der Waals surface area contributed by atoms with Gasteiger partial charge >= 0.3 is 0 Å². The van der Waals surface area contributed by atoms with E-state index in [2.05, 4.69) is 10.5 Å². The van der Waals surface area contributed by atoms with Gasteiger partial charge in [0.2, 0.25) is 0 Å². The minimum Gasteiger partial charge on any atom is -0.507 e. The molecule has 2 amide bonds. The number of aromatic hydroxyl groups is 1. The Morgan fingerprint density at radius 2 is 1.89 bits per heavy atom. The molecule has 2 N–H and O–H groups in total. The largest absolute Gasteiger partial charge is 0.507 e. The van der Waals surface area contributed by atoms with E-state index in [9.17, 15) is 14.7 Å². The highest BCUT2D eigenvalue weighted by molar-refractivity contribution is 5.97. The van der Waals surface area contributed by atoms with E-state index in [4.69, 9.17) is 9.47 Å². The number of carbonyl (C=O) groups is 2. The van der Waals surface area contributed by atoms with Crippen LogP contribution in [0.3, 0.4) is 0 Å². The van der Waals surface area contributed by atoms with Crippen molar-refractivity contribution in [2.24, 2.45) is 5.10 Å². The van der Waals surface area contributed by atoms with Crippen LogP contribution in [0.1, 0.15) is 22.8 Å². The van der Waals surface area contributed by atoms with Crippen molar-refractivity contribution in [1.29, 1.82) is 0 Å². The van der Waals surface area contributed by atoms with Gasteiger partial charge in [-0.15, -0.1) is 0 Å². The molecule has 2 aromatic rings. The zero-order valence-corrected chi connectivity index (χ0v) is 16.0. The predicted molar refractivity (Wildman–Crippen MR) is 105 cm³/mol. The number of amides is 2. The number of benzene rings is 2. The fourth-order valence-electron chi connectivity index (χ4n) is 2.15. The molecule has 28 heavy (non-hydrogen) atoms. The van der Waals surface area contributed by atoms with Crippen molar-refractivity contribution in [3.05, 3.63) is 53.6 Å². The summed E-state index contributed by atoms with van der Waals surface area (Å²) in [6.45, 7) is 2.15. The Labute approximate surface area is 163 Å². The Balaban J connectivity index is 2.06. The first-order chi connectivity index (χ1) is 13.4. The second kappa shape index (κ2) is 9.96. The third-order valence-electron chi connectivity index (χ3n) is 3.65. The van der Waals surface area contributed by atoms with Crippen molar-refractivity contribution in [3.8, 4) is 17.2 Å². The van der Waals surface area contributed by atoms with Gasteiger partial charge in [-0.3, -0.25) is 9.59 Å². The van der Waals surface area contributed by atoms with Crippen molar-refractivity contribution >= 4 is 18.0 Å². The molecule has 0 atom stereocenters.